The molecule has 1 unspecified atom stereocenters. The van der Waals surface area contributed by atoms with Gasteiger partial charge in [0.1, 0.15) is 17.1 Å². The van der Waals surface area contributed by atoms with E-state index in [-0.39, 0.29) is 29.4 Å². The SMILES string of the molecule is CC(O)(Cn1ccnc1)c1cc(Cl)ccc1O.O=C(Cn1ccnc1)c1cc(Cl)ccc1O. The highest BCUT2D eigenvalue weighted by Crippen LogP contribution is 2.32. The molecule has 8 nitrogen and oxygen atoms in total. The number of hydrogen-bond donors (Lipinski definition) is 3. The smallest absolute Gasteiger partial charge is 0.186 e. The van der Waals surface area contributed by atoms with Gasteiger partial charge in [-0.2, -0.15) is 0 Å². The predicted octanol–water partition coefficient (Wildman–Crippen LogP) is 4.27. The van der Waals surface area contributed by atoms with Crippen molar-refractivity contribution in [1.82, 2.24) is 19.1 Å². The molecule has 172 valence electrons. The van der Waals surface area contributed by atoms with E-state index in [1.54, 1.807) is 65.6 Å². The number of phenolic OH excluding ortho intramolecular Hbond substituents is 2. The highest BCUT2D eigenvalue weighted by molar-refractivity contribution is 6.31. The van der Waals surface area contributed by atoms with Crippen molar-refractivity contribution < 1.29 is 20.1 Å². The van der Waals surface area contributed by atoms with Gasteiger partial charge < -0.3 is 24.5 Å². The zero-order chi connectivity index (χ0) is 24.0. The van der Waals surface area contributed by atoms with Crippen molar-refractivity contribution in [2.24, 2.45) is 0 Å². The van der Waals surface area contributed by atoms with E-state index in [9.17, 15) is 20.1 Å². The minimum absolute atomic E-state index is 0.0273. The maximum absolute atomic E-state index is 11.8. The number of ketones is 1. The zero-order valence-corrected chi connectivity index (χ0v) is 19.1. The summed E-state index contributed by atoms with van der Waals surface area (Å²) in [6, 6.07) is 9.01. The second-order valence-electron chi connectivity index (χ2n) is 7.49. The predicted molar refractivity (Wildman–Crippen MR) is 125 cm³/mol. The van der Waals surface area contributed by atoms with Crippen molar-refractivity contribution in [1.29, 1.82) is 0 Å². The van der Waals surface area contributed by atoms with E-state index in [1.165, 1.54) is 24.3 Å². The Bertz CT molecular complexity index is 1210. The molecule has 0 spiro atoms. The van der Waals surface area contributed by atoms with Crippen LogP contribution in [0.5, 0.6) is 11.5 Å². The normalized spacial score (nSPS) is 12.5. The number of aromatic hydroxyl groups is 2. The number of aliphatic hydroxyl groups is 1. The lowest BCUT2D eigenvalue weighted by atomic mass is 9.95. The molecular weight excluding hydrogens is 467 g/mol. The van der Waals surface area contributed by atoms with Crippen molar-refractivity contribution in [2.75, 3.05) is 0 Å². The van der Waals surface area contributed by atoms with Gasteiger partial charge in [0.25, 0.3) is 0 Å². The first kappa shape index (κ1) is 24.3. The van der Waals surface area contributed by atoms with Crippen molar-refractivity contribution in [3.8, 4) is 11.5 Å². The minimum atomic E-state index is -1.21. The summed E-state index contributed by atoms with van der Waals surface area (Å²) in [5.41, 5.74) is -0.588. The molecule has 0 aliphatic carbocycles. The number of imidazole rings is 2. The standard InChI is InChI=1S/C12H13ClN2O2.C11H9ClN2O2/c1-12(17,7-15-5-4-14-8-15)10-6-9(13)2-3-11(10)16;12-8-1-2-10(15)9(5-8)11(16)6-14-4-3-13-7-14/h2-6,8,16-17H,7H2,1H3;1-5,7,15H,6H2. The topological polar surface area (TPSA) is 113 Å². The lowest BCUT2D eigenvalue weighted by Crippen LogP contribution is -2.27. The summed E-state index contributed by atoms with van der Waals surface area (Å²) in [5, 5.41) is 30.6. The van der Waals surface area contributed by atoms with Crippen LogP contribution in [-0.4, -0.2) is 40.2 Å². The summed E-state index contributed by atoms with van der Waals surface area (Å²) in [6.45, 7) is 2.05. The van der Waals surface area contributed by atoms with Crippen LogP contribution in [-0.2, 0) is 18.7 Å². The first-order chi connectivity index (χ1) is 15.7. The molecule has 4 rings (SSSR count). The Morgan fingerprint density at radius 3 is 2.12 bits per heavy atom. The number of benzene rings is 2. The Labute approximate surface area is 200 Å². The zero-order valence-electron chi connectivity index (χ0n) is 17.6. The van der Waals surface area contributed by atoms with Crippen molar-refractivity contribution in [3.05, 3.63) is 95.0 Å². The number of carbonyl (C=O) groups excluding carboxylic acids is 1. The van der Waals surface area contributed by atoms with E-state index >= 15 is 0 Å². The molecule has 2 aromatic carbocycles. The molecule has 0 saturated carbocycles. The molecule has 0 radical (unpaired) electrons. The molecule has 1 atom stereocenters. The molecule has 33 heavy (non-hydrogen) atoms. The molecule has 0 bridgehead atoms. The quantitative estimate of drug-likeness (QED) is 0.349. The summed E-state index contributed by atoms with van der Waals surface area (Å²) in [7, 11) is 0. The van der Waals surface area contributed by atoms with Crippen molar-refractivity contribution >= 4 is 29.0 Å². The molecule has 0 amide bonds. The van der Waals surface area contributed by atoms with Gasteiger partial charge in [0.2, 0.25) is 0 Å². The Hall–Kier alpha value is -3.33. The average molecular weight is 489 g/mol. The van der Waals surface area contributed by atoms with Crippen LogP contribution in [0, 0.1) is 0 Å². The molecule has 3 N–H and O–H groups in total. The number of aromatic nitrogens is 4. The van der Waals surface area contributed by atoms with Crippen LogP contribution in [0.4, 0.5) is 0 Å². The number of rotatable bonds is 6. The van der Waals surface area contributed by atoms with Gasteiger partial charge in [-0.3, -0.25) is 4.79 Å². The minimum Gasteiger partial charge on any atom is -0.508 e. The molecule has 0 fully saturated rings. The van der Waals surface area contributed by atoms with Gasteiger partial charge in [-0.25, -0.2) is 9.97 Å². The number of phenols is 2. The first-order valence-corrected chi connectivity index (χ1v) is 10.6. The van der Waals surface area contributed by atoms with Crippen LogP contribution >= 0.6 is 23.2 Å². The van der Waals surface area contributed by atoms with Gasteiger partial charge in [-0.05, 0) is 43.3 Å². The van der Waals surface area contributed by atoms with Crippen LogP contribution in [0.1, 0.15) is 22.8 Å². The number of hydrogen-bond acceptors (Lipinski definition) is 6. The fourth-order valence-electron chi connectivity index (χ4n) is 3.12. The largest absolute Gasteiger partial charge is 0.508 e. The molecule has 10 heteroatoms. The van der Waals surface area contributed by atoms with E-state index < -0.39 is 5.60 Å². The number of nitrogens with zero attached hydrogens (tertiary/aromatic N) is 4. The maximum atomic E-state index is 11.8. The number of halogens is 2. The summed E-state index contributed by atoms with van der Waals surface area (Å²) < 4.78 is 3.36. The van der Waals surface area contributed by atoms with Crippen molar-refractivity contribution in [3.63, 3.8) is 0 Å². The molecule has 0 aliphatic rings. The molecule has 4 aromatic rings. The van der Waals surface area contributed by atoms with Crippen LogP contribution in [0.3, 0.4) is 0 Å². The Kier molecular flexibility index (Phi) is 7.75. The van der Waals surface area contributed by atoms with Crippen LogP contribution in [0.2, 0.25) is 10.0 Å². The lowest BCUT2D eigenvalue weighted by molar-refractivity contribution is 0.0359. The van der Waals surface area contributed by atoms with Gasteiger partial charge in [0.05, 0.1) is 31.3 Å². The molecular formula is C23H22Cl2N4O4. The van der Waals surface area contributed by atoms with E-state index in [4.69, 9.17) is 23.2 Å². The Morgan fingerprint density at radius 2 is 1.52 bits per heavy atom. The molecule has 2 aromatic heterocycles. The van der Waals surface area contributed by atoms with Crippen LogP contribution in [0.15, 0.2) is 73.8 Å². The van der Waals surface area contributed by atoms with Gasteiger partial charge >= 0.3 is 0 Å². The fourth-order valence-corrected chi connectivity index (χ4v) is 3.47. The van der Waals surface area contributed by atoms with E-state index in [0.29, 0.717) is 22.2 Å². The van der Waals surface area contributed by atoms with Crippen LogP contribution < -0.4 is 0 Å². The summed E-state index contributed by atoms with van der Waals surface area (Å²) in [4.78, 5) is 19.6. The third kappa shape index (κ3) is 6.58. The summed E-state index contributed by atoms with van der Waals surface area (Å²) >= 11 is 11.6. The third-order valence-electron chi connectivity index (χ3n) is 4.73. The van der Waals surface area contributed by atoms with Gasteiger partial charge in [0, 0.05) is 40.4 Å². The van der Waals surface area contributed by atoms with E-state index in [2.05, 4.69) is 9.97 Å². The second-order valence-corrected chi connectivity index (χ2v) is 8.36. The molecule has 0 aliphatic heterocycles. The highest BCUT2D eigenvalue weighted by Gasteiger charge is 2.27. The molecule has 2 heterocycles. The number of carbonyl (C=O) groups is 1. The van der Waals surface area contributed by atoms with Gasteiger partial charge in [0.15, 0.2) is 5.78 Å². The van der Waals surface area contributed by atoms with Gasteiger partial charge in [-0.1, -0.05) is 23.2 Å². The summed E-state index contributed by atoms with van der Waals surface area (Å²) in [6.07, 6.45) is 9.80. The van der Waals surface area contributed by atoms with Gasteiger partial charge in [-0.15, -0.1) is 0 Å². The Balaban J connectivity index is 0.000000186. The van der Waals surface area contributed by atoms with Crippen molar-refractivity contribution in [2.45, 2.75) is 25.6 Å². The third-order valence-corrected chi connectivity index (χ3v) is 5.20. The highest BCUT2D eigenvalue weighted by atomic mass is 35.5. The maximum Gasteiger partial charge on any atom is 0.186 e. The lowest BCUT2D eigenvalue weighted by Gasteiger charge is -2.25. The number of Topliss-reactive ketones (excluding diaryl/α,β-unsaturated/α-hetero) is 1. The van der Waals surface area contributed by atoms with Crippen LogP contribution in [0.25, 0.3) is 0 Å². The van der Waals surface area contributed by atoms with E-state index in [0.717, 1.165) is 0 Å². The average Bonchev–Trinajstić information content (AvgIpc) is 3.46. The monoisotopic (exact) mass is 488 g/mol. The molecule has 0 saturated heterocycles. The first-order valence-electron chi connectivity index (χ1n) is 9.80. The van der Waals surface area contributed by atoms with E-state index in [1.807, 2.05) is 0 Å². The fraction of sp³-hybridized carbons (Fsp3) is 0.174. The second kappa shape index (κ2) is 10.5. The Morgan fingerprint density at radius 1 is 0.939 bits per heavy atom. The summed E-state index contributed by atoms with van der Waals surface area (Å²) in [5.74, 6) is -0.243.